The van der Waals surface area contributed by atoms with Gasteiger partial charge < -0.3 is 26.1 Å². The number of nitrogens with two attached hydrogens (primary N) is 2. The van der Waals surface area contributed by atoms with E-state index in [1.54, 1.807) is 24.3 Å². The van der Waals surface area contributed by atoms with Gasteiger partial charge in [0.2, 0.25) is 16.0 Å². The Morgan fingerprint density at radius 3 is 2.47 bits per heavy atom. The molecule has 1 atom stereocenters. The number of benzene rings is 2. The van der Waals surface area contributed by atoms with Crippen LogP contribution in [0, 0.1) is 10.1 Å². The standard InChI is InChI=1S/C19H22ClN5O8S/c20-15-7-6-14(11-17(15)25(28)29)34(30,31)24-16(18(26)27)10-12-2-4-13(5-3-12)32-8-1-9-33-23-19(21)22/h2-7,11,16,24H,1,8-10H2,(H,26,27)(H4,21,22,23)/t16-/m0/s1. The first kappa shape index (κ1) is 26.6. The average Bonchev–Trinajstić information content (AvgIpc) is 2.76. The fourth-order valence-electron chi connectivity index (χ4n) is 2.63. The topological polar surface area (TPSA) is 209 Å². The number of nitro benzene ring substituents is 1. The van der Waals surface area contributed by atoms with Crippen LogP contribution in [0.1, 0.15) is 12.0 Å². The highest BCUT2D eigenvalue weighted by molar-refractivity contribution is 7.89. The lowest BCUT2D eigenvalue weighted by atomic mass is 10.1. The second kappa shape index (κ2) is 12.0. The molecule has 6 N–H and O–H groups in total. The van der Waals surface area contributed by atoms with E-state index in [4.69, 9.17) is 32.6 Å². The van der Waals surface area contributed by atoms with Crippen LogP contribution in [0.15, 0.2) is 52.5 Å². The number of nitrogens with zero attached hydrogens (tertiary/aromatic N) is 2. The van der Waals surface area contributed by atoms with Crippen molar-refractivity contribution in [1.29, 1.82) is 0 Å². The summed E-state index contributed by atoms with van der Waals surface area (Å²) in [4.78, 5) is 26.2. The van der Waals surface area contributed by atoms with Gasteiger partial charge in [0.1, 0.15) is 23.4 Å². The van der Waals surface area contributed by atoms with Crippen molar-refractivity contribution in [3.8, 4) is 5.75 Å². The number of carbonyl (C=O) groups is 1. The number of aliphatic carboxylic acids is 1. The van der Waals surface area contributed by atoms with E-state index in [1.165, 1.54) is 0 Å². The smallest absolute Gasteiger partial charge is 0.322 e. The second-order valence-electron chi connectivity index (χ2n) is 6.78. The highest BCUT2D eigenvalue weighted by atomic mass is 35.5. The van der Waals surface area contributed by atoms with Crippen molar-refractivity contribution in [2.75, 3.05) is 13.2 Å². The molecule has 15 heteroatoms. The van der Waals surface area contributed by atoms with Crippen LogP contribution in [0.25, 0.3) is 0 Å². The molecule has 0 unspecified atom stereocenters. The van der Waals surface area contributed by atoms with E-state index in [1.807, 2.05) is 0 Å². The number of oxime groups is 1. The Hall–Kier alpha value is -3.62. The van der Waals surface area contributed by atoms with Crippen LogP contribution in [-0.4, -0.2) is 49.6 Å². The fourth-order valence-corrected chi connectivity index (χ4v) is 4.02. The number of carboxylic acid groups (broad SMARTS) is 1. The van der Waals surface area contributed by atoms with E-state index in [-0.39, 0.29) is 24.0 Å². The Labute approximate surface area is 199 Å². The van der Waals surface area contributed by atoms with Crippen LogP contribution in [0.5, 0.6) is 5.75 Å². The SMILES string of the molecule is NC(N)=NOCCCOc1ccc(C[C@H](NS(=O)(=O)c2ccc(Cl)c([N+](=O)[O-])c2)C(=O)O)cc1. The number of sulfonamides is 1. The van der Waals surface area contributed by atoms with Crippen LogP contribution < -0.4 is 20.9 Å². The number of guanidine groups is 1. The van der Waals surface area contributed by atoms with Crippen molar-refractivity contribution in [3.63, 3.8) is 0 Å². The van der Waals surface area contributed by atoms with Gasteiger partial charge in [-0.15, -0.1) is 0 Å². The third-order valence-corrected chi connectivity index (χ3v) is 5.99. The molecule has 0 amide bonds. The molecular formula is C19H22ClN5O8S. The summed E-state index contributed by atoms with van der Waals surface area (Å²) in [6.45, 7) is 0.553. The number of halogens is 1. The molecular weight excluding hydrogens is 494 g/mol. The minimum Gasteiger partial charge on any atom is -0.493 e. The molecule has 0 aliphatic heterocycles. The fraction of sp³-hybridized carbons (Fsp3) is 0.263. The minimum absolute atomic E-state index is 0.184. The molecule has 0 aliphatic carbocycles. The zero-order chi connectivity index (χ0) is 25.3. The minimum atomic E-state index is -4.39. The molecule has 0 aromatic heterocycles. The maximum atomic E-state index is 12.6. The van der Waals surface area contributed by atoms with Gasteiger partial charge in [0.25, 0.3) is 5.69 Å². The monoisotopic (exact) mass is 515 g/mol. The molecule has 2 aromatic carbocycles. The van der Waals surface area contributed by atoms with Gasteiger partial charge in [-0.1, -0.05) is 23.7 Å². The Morgan fingerprint density at radius 2 is 1.88 bits per heavy atom. The lowest BCUT2D eigenvalue weighted by Crippen LogP contribution is -2.42. The Bertz CT molecular complexity index is 1150. The lowest BCUT2D eigenvalue weighted by molar-refractivity contribution is -0.384. The van der Waals surface area contributed by atoms with Gasteiger partial charge in [-0.3, -0.25) is 14.9 Å². The maximum Gasteiger partial charge on any atom is 0.322 e. The van der Waals surface area contributed by atoms with Crippen molar-refractivity contribution in [2.45, 2.75) is 23.8 Å². The van der Waals surface area contributed by atoms with E-state index >= 15 is 0 Å². The number of hydrogen-bond acceptors (Lipinski definition) is 8. The summed E-state index contributed by atoms with van der Waals surface area (Å²) in [7, 11) is -4.39. The maximum absolute atomic E-state index is 12.6. The highest BCUT2D eigenvalue weighted by Crippen LogP contribution is 2.27. The number of carboxylic acids is 1. The van der Waals surface area contributed by atoms with Crippen LogP contribution in [0.3, 0.4) is 0 Å². The van der Waals surface area contributed by atoms with Crippen molar-refractivity contribution >= 4 is 39.2 Å². The van der Waals surface area contributed by atoms with Crippen LogP contribution >= 0.6 is 11.6 Å². The van der Waals surface area contributed by atoms with Crippen LogP contribution in [0.2, 0.25) is 5.02 Å². The summed E-state index contributed by atoms with van der Waals surface area (Å²) in [6, 6.07) is 7.70. The van der Waals surface area contributed by atoms with Crippen molar-refractivity contribution in [2.24, 2.45) is 16.6 Å². The first-order valence-corrected chi connectivity index (χ1v) is 11.5. The Morgan fingerprint density at radius 1 is 1.21 bits per heavy atom. The molecule has 0 bridgehead atoms. The molecule has 0 heterocycles. The molecule has 0 saturated carbocycles. The highest BCUT2D eigenvalue weighted by Gasteiger charge is 2.27. The normalized spacial score (nSPS) is 11.9. The molecule has 0 fully saturated rings. The molecule has 184 valence electrons. The van der Waals surface area contributed by atoms with E-state index in [0.717, 1.165) is 18.2 Å². The molecule has 0 aliphatic rings. The number of nitro groups is 1. The largest absolute Gasteiger partial charge is 0.493 e. The number of rotatable bonds is 13. The third-order valence-electron chi connectivity index (χ3n) is 4.20. The van der Waals surface area contributed by atoms with E-state index in [2.05, 4.69) is 9.88 Å². The predicted molar refractivity (Wildman–Crippen MR) is 122 cm³/mol. The first-order valence-electron chi connectivity index (χ1n) is 9.61. The van der Waals surface area contributed by atoms with Crippen LogP contribution in [0.4, 0.5) is 5.69 Å². The molecule has 0 radical (unpaired) electrons. The number of ether oxygens (including phenoxy) is 1. The molecule has 13 nitrogen and oxygen atoms in total. The Balaban J connectivity index is 2.01. The van der Waals surface area contributed by atoms with Crippen molar-refractivity contribution in [1.82, 2.24) is 4.72 Å². The summed E-state index contributed by atoms with van der Waals surface area (Å²) in [6.07, 6.45) is 0.321. The van der Waals surface area contributed by atoms with Gasteiger partial charge in [0.05, 0.1) is 16.4 Å². The summed E-state index contributed by atoms with van der Waals surface area (Å²) in [5.74, 6) is -1.10. The molecule has 2 aromatic rings. The van der Waals surface area contributed by atoms with Gasteiger partial charge >= 0.3 is 5.97 Å². The summed E-state index contributed by atoms with van der Waals surface area (Å²) < 4.78 is 32.8. The van der Waals surface area contributed by atoms with Gasteiger partial charge in [-0.25, -0.2) is 8.42 Å². The molecule has 34 heavy (non-hydrogen) atoms. The zero-order valence-electron chi connectivity index (χ0n) is 17.6. The summed E-state index contributed by atoms with van der Waals surface area (Å²) >= 11 is 5.70. The molecule has 0 saturated heterocycles. The average molecular weight is 516 g/mol. The van der Waals surface area contributed by atoms with Gasteiger partial charge in [0.15, 0.2) is 0 Å². The van der Waals surface area contributed by atoms with E-state index in [0.29, 0.717) is 24.3 Å². The molecule has 0 spiro atoms. The second-order valence-corrected chi connectivity index (χ2v) is 8.90. The number of nitrogens with one attached hydrogen (secondary N) is 1. The number of hydrogen-bond donors (Lipinski definition) is 4. The van der Waals surface area contributed by atoms with Crippen LogP contribution in [-0.2, 0) is 26.1 Å². The summed E-state index contributed by atoms with van der Waals surface area (Å²) in [5, 5.41) is 23.6. The van der Waals surface area contributed by atoms with E-state index < -0.39 is 37.5 Å². The van der Waals surface area contributed by atoms with Crippen molar-refractivity contribution in [3.05, 3.63) is 63.2 Å². The van der Waals surface area contributed by atoms with Crippen molar-refractivity contribution < 1.29 is 32.8 Å². The van der Waals surface area contributed by atoms with Gasteiger partial charge in [-0.05, 0) is 41.4 Å². The quantitative estimate of drug-likeness (QED) is 0.0983. The van der Waals surface area contributed by atoms with Gasteiger partial charge in [0, 0.05) is 12.5 Å². The predicted octanol–water partition coefficient (Wildman–Crippen LogP) is 1.20. The Kier molecular flexibility index (Phi) is 9.41. The third kappa shape index (κ3) is 8.06. The lowest BCUT2D eigenvalue weighted by Gasteiger charge is -2.15. The zero-order valence-corrected chi connectivity index (χ0v) is 19.2. The first-order chi connectivity index (χ1) is 16.0. The van der Waals surface area contributed by atoms with Gasteiger partial charge in [-0.2, -0.15) is 4.72 Å². The molecule has 2 rings (SSSR count). The van der Waals surface area contributed by atoms with E-state index in [9.17, 15) is 28.4 Å². The summed E-state index contributed by atoms with van der Waals surface area (Å²) in [5.41, 5.74) is 10.1.